The van der Waals surface area contributed by atoms with Crippen molar-refractivity contribution in [3.8, 4) is 0 Å². The zero-order chi connectivity index (χ0) is 19.4. The van der Waals surface area contributed by atoms with Crippen molar-refractivity contribution in [1.82, 2.24) is 9.88 Å². The van der Waals surface area contributed by atoms with E-state index in [0.29, 0.717) is 21.2 Å². The Balaban J connectivity index is 1.94. The first-order valence-electron chi connectivity index (χ1n) is 7.77. The number of ketones is 1. The van der Waals surface area contributed by atoms with Crippen LogP contribution in [0.3, 0.4) is 0 Å². The molecule has 0 saturated carbocycles. The number of carbonyl (C=O) groups is 3. The van der Waals surface area contributed by atoms with Crippen molar-refractivity contribution in [1.29, 1.82) is 0 Å². The van der Waals surface area contributed by atoms with Crippen molar-refractivity contribution >= 4 is 40.9 Å². The molecule has 1 aromatic heterocycles. The van der Waals surface area contributed by atoms with Gasteiger partial charge >= 0.3 is 5.97 Å². The maximum atomic E-state index is 12.1. The third-order valence-electron chi connectivity index (χ3n) is 3.76. The van der Waals surface area contributed by atoms with E-state index in [1.807, 2.05) is 0 Å². The van der Waals surface area contributed by atoms with E-state index in [-0.39, 0.29) is 17.5 Å². The highest BCUT2D eigenvalue weighted by Gasteiger charge is 2.18. The molecule has 2 rings (SSSR count). The Hall–Kier alpha value is -2.31. The number of nitrogens with one attached hydrogen (secondary N) is 1. The number of hydrogen-bond donors (Lipinski definition) is 1. The third kappa shape index (κ3) is 4.86. The van der Waals surface area contributed by atoms with Crippen LogP contribution in [0.5, 0.6) is 0 Å². The van der Waals surface area contributed by atoms with Crippen LogP contribution in [0.25, 0.3) is 0 Å². The maximum Gasteiger partial charge on any atom is 0.355 e. The van der Waals surface area contributed by atoms with E-state index in [1.165, 1.54) is 23.8 Å². The smallest absolute Gasteiger partial charge is 0.355 e. The minimum Gasteiger partial charge on any atom is -0.451 e. The van der Waals surface area contributed by atoms with E-state index >= 15 is 0 Å². The molecule has 0 radical (unpaired) electrons. The van der Waals surface area contributed by atoms with E-state index in [1.54, 1.807) is 32.2 Å². The molecule has 0 aliphatic rings. The van der Waals surface area contributed by atoms with Crippen molar-refractivity contribution in [3.05, 3.63) is 57.3 Å². The molecular formula is C18H18Cl2N2O4. The van der Waals surface area contributed by atoms with Crippen molar-refractivity contribution in [2.24, 2.45) is 7.05 Å². The molecule has 2 aromatic rings. The Morgan fingerprint density at radius 1 is 1.23 bits per heavy atom. The normalized spacial score (nSPS) is 11.7. The molecule has 1 atom stereocenters. The fourth-order valence-electron chi connectivity index (χ4n) is 2.38. The van der Waals surface area contributed by atoms with Gasteiger partial charge in [-0.25, -0.2) is 4.79 Å². The van der Waals surface area contributed by atoms with Crippen LogP contribution in [0.4, 0.5) is 0 Å². The van der Waals surface area contributed by atoms with Gasteiger partial charge < -0.3 is 14.6 Å². The van der Waals surface area contributed by atoms with Gasteiger partial charge in [-0.3, -0.25) is 9.59 Å². The molecule has 1 aromatic carbocycles. The summed E-state index contributed by atoms with van der Waals surface area (Å²) in [5.74, 6) is -1.32. The van der Waals surface area contributed by atoms with Crippen LogP contribution in [-0.2, 0) is 16.6 Å². The monoisotopic (exact) mass is 396 g/mol. The summed E-state index contributed by atoms with van der Waals surface area (Å²) in [5.41, 5.74) is 1.29. The summed E-state index contributed by atoms with van der Waals surface area (Å²) >= 11 is 12.0. The van der Waals surface area contributed by atoms with Gasteiger partial charge in [0, 0.05) is 28.9 Å². The number of nitrogens with zero attached hydrogens (tertiary/aromatic N) is 1. The highest BCUT2D eigenvalue weighted by Crippen LogP contribution is 2.26. The standard InChI is InChI=1S/C18H18Cl2N2O4/c1-10(14-5-4-13(19)7-15(14)20)21-17(24)9-26-18(25)16-6-12(11(2)23)8-22(16)3/h4-8,10H,9H2,1-3H3,(H,21,24)/t10-/m0/s1. The number of ether oxygens (including phenoxy) is 1. The minimum absolute atomic E-state index is 0.161. The average Bonchev–Trinajstić information content (AvgIpc) is 2.94. The first kappa shape index (κ1) is 20.0. The van der Waals surface area contributed by atoms with Crippen LogP contribution < -0.4 is 5.32 Å². The molecule has 6 nitrogen and oxygen atoms in total. The zero-order valence-electron chi connectivity index (χ0n) is 14.5. The van der Waals surface area contributed by atoms with Crippen LogP contribution in [0, 0.1) is 0 Å². The van der Waals surface area contributed by atoms with E-state index in [2.05, 4.69) is 5.32 Å². The third-order valence-corrected chi connectivity index (χ3v) is 4.32. The van der Waals surface area contributed by atoms with E-state index < -0.39 is 18.5 Å². The molecular weight excluding hydrogens is 379 g/mol. The highest BCUT2D eigenvalue weighted by molar-refractivity contribution is 6.35. The molecule has 0 bridgehead atoms. The summed E-state index contributed by atoms with van der Waals surface area (Å²) in [6.07, 6.45) is 1.53. The molecule has 0 spiro atoms. The van der Waals surface area contributed by atoms with Crippen molar-refractivity contribution in [2.75, 3.05) is 6.61 Å². The van der Waals surface area contributed by atoms with Gasteiger partial charge in [0.15, 0.2) is 12.4 Å². The Morgan fingerprint density at radius 3 is 2.50 bits per heavy atom. The predicted molar refractivity (Wildman–Crippen MR) is 98.7 cm³/mol. The lowest BCUT2D eigenvalue weighted by atomic mass is 10.1. The molecule has 1 N–H and O–H groups in total. The number of esters is 1. The van der Waals surface area contributed by atoms with Crippen molar-refractivity contribution in [2.45, 2.75) is 19.9 Å². The Kier molecular flexibility index (Phi) is 6.45. The SMILES string of the molecule is CC(=O)c1cc(C(=O)OCC(=O)N[C@@H](C)c2ccc(Cl)cc2Cl)n(C)c1. The number of Topliss-reactive ketones (excluding diaryl/α,β-unsaturated/α-hetero) is 1. The molecule has 1 heterocycles. The van der Waals surface area contributed by atoms with Crippen LogP contribution in [0.1, 0.15) is 46.3 Å². The number of aryl methyl sites for hydroxylation is 1. The maximum absolute atomic E-state index is 12.1. The van der Waals surface area contributed by atoms with Crippen LogP contribution >= 0.6 is 23.2 Å². The highest BCUT2D eigenvalue weighted by atomic mass is 35.5. The topological polar surface area (TPSA) is 77.4 Å². The number of carbonyl (C=O) groups excluding carboxylic acids is 3. The number of benzene rings is 1. The number of aromatic nitrogens is 1. The van der Waals surface area contributed by atoms with Gasteiger partial charge in [-0.1, -0.05) is 29.3 Å². The second-order valence-corrected chi connectivity index (χ2v) is 6.66. The fraction of sp³-hybridized carbons (Fsp3) is 0.278. The van der Waals surface area contributed by atoms with E-state index in [4.69, 9.17) is 27.9 Å². The number of rotatable bonds is 6. The Bertz CT molecular complexity index is 861. The molecule has 138 valence electrons. The summed E-state index contributed by atoms with van der Waals surface area (Å²) in [7, 11) is 1.62. The summed E-state index contributed by atoms with van der Waals surface area (Å²) in [5, 5.41) is 3.63. The van der Waals surface area contributed by atoms with Crippen LogP contribution in [-0.4, -0.2) is 28.8 Å². The van der Waals surface area contributed by atoms with Crippen molar-refractivity contribution in [3.63, 3.8) is 0 Å². The van der Waals surface area contributed by atoms with E-state index in [9.17, 15) is 14.4 Å². The number of hydrogen-bond acceptors (Lipinski definition) is 4. The Labute approximate surface area is 161 Å². The molecule has 0 aliphatic carbocycles. The van der Waals surface area contributed by atoms with Crippen molar-refractivity contribution < 1.29 is 19.1 Å². The summed E-state index contributed by atoms with van der Waals surface area (Å²) in [6.45, 7) is 2.71. The molecule has 8 heteroatoms. The van der Waals surface area contributed by atoms with Gasteiger partial charge in [0.25, 0.3) is 5.91 Å². The number of amides is 1. The van der Waals surface area contributed by atoms with Gasteiger partial charge in [0.2, 0.25) is 0 Å². The summed E-state index contributed by atoms with van der Waals surface area (Å²) in [6, 6.07) is 6.02. The lowest BCUT2D eigenvalue weighted by molar-refractivity contribution is -0.124. The second-order valence-electron chi connectivity index (χ2n) is 5.81. The molecule has 0 saturated heterocycles. The minimum atomic E-state index is -0.688. The summed E-state index contributed by atoms with van der Waals surface area (Å²) in [4.78, 5) is 35.5. The molecule has 26 heavy (non-hydrogen) atoms. The first-order valence-corrected chi connectivity index (χ1v) is 8.53. The molecule has 0 aliphatic heterocycles. The molecule has 0 unspecified atom stereocenters. The molecule has 0 fully saturated rings. The zero-order valence-corrected chi connectivity index (χ0v) is 16.0. The van der Waals surface area contributed by atoms with Gasteiger partial charge in [-0.2, -0.15) is 0 Å². The fourth-order valence-corrected chi connectivity index (χ4v) is 2.95. The lowest BCUT2D eigenvalue weighted by Gasteiger charge is -2.16. The average molecular weight is 397 g/mol. The predicted octanol–water partition coefficient (Wildman–Crippen LogP) is 3.57. The molecule has 1 amide bonds. The van der Waals surface area contributed by atoms with Gasteiger partial charge in [0.05, 0.1) is 6.04 Å². The van der Waals surface area contributed by atoms with E-state index in [0.717, 1.165) is 0 Å². The van der Waals surface area contributed by atoms with Crippen LogP contribution in [0.2, 0.25) is 10.0 Å². The first-order chi connectivity index (χ1) is 12.2. The largest absolute Gasteiger partial charge is 0.451 e. The lowest BCUT2D eigenvalue weighted by Crippen LogP contribution is -2.31. The second kappa shape index (κ2) is 8.38. The van der Waals surface area contributed by atoms with Crippen LogP contribution in [0.15, 0.2) is 30.5 Å². The quantitative estimate of drug-likeness (QED) is 0.597. The van der Waals surface area contributed by atoms with Gasteiger partial charge in [0.1, 0.15) is 5.69 Å². The van der Waals surface area contributed by atoms with Gasteiger partial charge in [-0.05, 0) is 37.6 Å². The Morgan fingerprint density at radius 2 is 1.92 bits per heavy atom. The number of halogens is 2. The summed E-state index contributed by atoms with van der Waals surface area (Å²) < 4.78 is 6.49. The van der Waals surface area contributed by atoms with Gasteiger partial charge in [-0.15, -0.1) is 0 Å².